The molecule has 2 amide bonds. The van der Waals surface area contributed by atoms with Crippen molar-refractivity contribution in [1.29, 1.82) is 0 Å². The van der Waals surface area contributed by atoms with Crippen molar-refractivity contribution in [2.24, 2.45) is 0 Å². The fraction of sp³-hybridized carbons (Fsp3) is 0.385. The van der Waals surface area contributed by atoms with E-state index < -0.39 is 18.0 Å². The minimum atomic E-state index is -0.969. The Labute approximate surface area is 116 Å². The lowest BCUT2D eigenvalue weighted by Gasteiger charge is -2.22. The van der Waals surface area contributed by atoms with Gasteiger partial charge in [-0.2, -0.15) is 0 Å². The number of carboxylic acids is 1. The van der Waals surface area contributed by atoms with Gasteiger partial charge in [-0.25, -0.2) is 9.59 Å². The second-order valence-corrected chi connectivity index (χ2v) is 4.96. The van der Waals surface area contributed by atoms with Gasteiger partial charge in [0, 0.05) is 6.54 Å². The quantitative estimate of drug-likeness (QED) is 0.876. The number of halogens is 1. The zero-order chi connectivity index (χ0) is 14.0. The molecule has 0 spiro atoms. The number of nitrogens with zero attached hydrogens (tertiary/aromatic N) is 1. The summed E-state index contributed by atoms with van der Waals surface area (Å²) in [6.07, 6.45) is 1.19. The van der Waals surface area contributed by atoms with Crippen LogP contribution in [0.2, 0.25) is 5.02 Å². The third-order valence-electron chi connectivity index (χ3n) is 3.25. The zero-order valence-electron chi connectivity index (χ0n) is 10.5. The van der Waals surface area contributed by atoms with Crippen LogP contribution in [-0.2, 0) is 4.79 Å². The fourth-order valence-electron chi connectivity index (χ4n) is 2.24. The van der Waals surface area contributed by atoms with Crippen LogP contribution >= 0.6 is 11.6 Å². The van der Waals surface area contributed by atoms with Crippen LogP contribution in [0.4, 0.5) is 10.5 Å². The van der Waals surface area contributed by atoms with Crippen LogP contribution in [0.15, 0.2) is 18.2 Å². The highest BCUT2D eigenvalue weighted by atomic mass is 35.5. The molecule has 19 heavy (non-hydrogen) atoms. The first-order valence-electron chi connectivity index (χ1n) is 6.06. The van der Waals surface area contributed by atoms with Gasteiger partial charge in [0.2, 0.25) is 0 Å². The minimum Gasteiger partial charge on any atom is -0.480 e. The summed E-state index contributed by atoms with van der Waals surface area (Å²) >= 11 is 6.03. The molecule has 1 atom stereocenters. The number of amides is 2. The standard InChI is InChI=1S/C13H15ClN2O3/c1-8-4-2-5-9(14)11(8)15-13(19)16-7-3-6-10(16)12(17)18/h2,4-5,10H,3,6-7H2,1H3,(H,15,19)(H,17,18)/t10-/m0/s1. The molecule has 0 unspecified atom stereocenters. The topological polar surface area (TPSA) is 69.6 Å². The highest BCUT2D eigenvalue weighted by Gasteiger charge is 2.34. The van der Waals surface area contributed by atoms with Gasteiger partial charge in [-0.1, -0.05) is 23.7 Å². The molecular formula is C13H15ClN2O3. The molecule has 0 aliphatic carbocycles. The zero-order valence-corrected chi connectivity index (χ0v) is 11.3. The molecular weight excluding hydrogens is 268 g/mol. The smallest absolute Gasteiger partial charge is 0.326 e. The lowest BCUT2D eigenvalue weighted by molar-refractivity contribution is -0.141. The maximum Gasteiger partial charge on any atom is 0.326 e. The van der Waals surface area contributed by atoms with E-state index in [1.54, 1.807) is 12.1 Å². The van der Waals surface area contributed by atoms with E-state index in [0.29, 0.717) is 30.1 Å². The molecule has 1 fully saturated rings. The molecule has 1 aliphatic heterocycles. The number of para-hydroxylation sites is 1. The van der Waals surface area contributed by atoms with E-state index in [0.717, 1.165) is 5.56 Å². The largest absolute Gasteiger partial charge is 0.480 e. The molecule has 6 heteroatoms. The van der Waals surface area contributed by atoms with Crippen LogP contribution in [0.5, 0.6) is 0 Å². The van der Waals surface area contributed by atoms with Gasteiger partial charge in [0.05, 0.1) is 10.7 Å². The second-order valence-electron chi connectivity index (χ2n) is 4.55. The number of hydrogen-bond acceptors (Lipinski definition) is 2. The summed E-state index contributed by atoms with van der Waals surface area (Å²) in [5.41, 5.74) is 1.37. The first kappa shape index (κ1) is 13.7. The van der Waals surface area contributed by atoms with Crippen molar-refractivity contribution in [2.75, 3.05) is 11.9 Å². The van der Waals surface area contributed by atoms with Crippen LogP contribution in [0.3, 0.4) is 0 Å². The van der Waals surface area contributed by atoms with Gasteiger partial charge in [-0.3, -0.25) is 0 Å². The number of rotatable bonds is 2. The van der Waals surface area contributed by atoms with E-state index in [4.69, 9.17) is 16.7 Å². The van der Waals surface area contributed by atoms with Crippen molar-refractivity contribution in [3.05, 3.63) is 28.8 Å². The van der Waals surface area contributed by atoms with Gasteiger partial charge in [-0.15, -0.1) is 0 Å². The SMILES string of the molecule is Cc1cccc(Cl)c1NC(=O)N1CCC[C@H]1C(=O)O. The molecule has 0 saturated carbocycles. The molecule has 1 aromatic carbocycles. The van der Waals surface area contributed by atoms with E-state index in [9.17, 15) is 9.59 Å². The maximum absolute atomic E-state index is 12.1. The highest BCUT2D eigenvalue weighted by molar-refractivity contribution is 6.33. The first-order chi connectivity index (χ1) is 9.00. The summed E-state index contributed by atoms with van der Waals surface area (Å²) in [6.45, 7) is 2.28. The van der Waals surface area contributed by atoms with Crippen molar-refractivity contribution in [3.8, 4) is 0 Å². The third-order valence-corrected chi connectivity index (χ3v) is 3.57. The molecule has 5 nitrogen and oxygen atoms in total. The van der Waals surface area contributed by atoms with E-state index in [-0.39, 0.29) is 0 Å². The molecule has 0 bridgehead atoms. The van der Waals surface area contributed by atoms with Crippen molar-refractivity contribution in [1.82, 2.24) is 4.90 Å². The Hall–Kier alpha value is -1.75. The summed E-state index contributed by atoms with van der Waals surface area (Å²) in [7, 11) is 0. The Morgan fingerprint density at radius 1 is 1.47 bits per heavy atom. The van der Waals surface area contributed by atoms with Crippen LogP contribution in [0.1, 0.15) is 18.4 Å². The molecule has 0 aromatic heterocycles. The number of urea groups is 1. The third kappa shape index (κ3) is 2.81. The van der Waals surface area contributed by atoms with Crippen LogP contribution in [0.25, 0.3) is 0 Å². The predicted molar refractivity (Wildman–Crippen MR) is 72.6 cm³/mol. The summed E-state index contributed by atoms with van der Waals surface area (Å²) in [5, 5.41) is 12.2. The molecule has 2 rings (SSSR count). The number of hydrogen-bond donors (Lipinski definition) is 2. The number of carboxylic acid groups (broad SMARTS) is 1. The van der Waals surface area contributed by atoms with Gasteiger partial charge in [0.25, 0.3) is 0 Å². The molecule has 1 heterocycles. The van der Waals surface area contributed by atoms with E-state index in [1.165, 1.54) is 4.90 Å². The van der Waals surface area contributed by atoms with E-state index in [2.05, 4.69) is 5.32 Å². The highest BCUT2D eigenvalue weighted by Crippen LogP contribution is 2.26. The normalized spacial score (nSPS) is 18.4. The lowest BCUT2D eigenvalue weighted by Crippen LogP contribution is -2.42. The average molecular weight is 283 g/mol. The monoisotopic (exact) mass is 282 g/mol. The van der Waals surface area contributed by atoms with Gasteiger partial charge < -0.3 is 15.3 Å². The molecule has 2 N–H and O–H groups in total. The second kappa shape index (κ2) is 5.48. The number of likely N-dealkylation sites (tertiary alicyclic amines) is 1. The summed E-state index contributed by atoms with van der Waals surface area (Å²) < 4.78 is 0. The molecule has 1 aromatic rings. The summed E-state index contributed by atoms with van der Waals surface area (Å²) in [5.74, 6) is -0.969. The van der Waals surface area contributed by atoms with Gasteiger partial charge in [0.1, 0.15) is 6.04 Å². The van der Waals surface area contributed by atoms with Gasteiger partial charge >= 0.3 is 12.0 Å². The number of anilines is 1. The molecule has 1 saturated heterocycles. The van der Waals surface area contributed by atoms with Crippen molar-refractivity contribution < 1.29 is 14.7 Å². The first-order valence-corrected chi connectivity index (χ1v) is 6.44. The van der Waals surface area contributed by atoms with E-state index in [1.807, 2.05) is 13.0 Å². The number of benzene rings is 1. The van der Waals surface area contributed by atoms with Crippen LogP contribution in [0, 0.1) is 6.92 Å². The van der Waals surface area contributed by atoms with Crippen molar-refractivity contribution in [2.45, 2.75) is 25.8 Å². The minimum absolute atomic E-state index is 0.416. The maximum atomic E-state index is 12.1. The Balaban J connectivity index is 2.15. The Morgan fingerprint density at radius 2 is 2.21 bits per heavy atom. The van der Waals surface area contributed by atoms with Crippen LogP contribution in [-0.4, -0.2) is 34.6 Å². The predicted octanol–water partition coefficient (Wildman–Crippen LogP) is 2.73. The Bertz CT molecular complexity index is 498. The van der Waals surface area contributed by atoms with E-state index >= 15 is 0 Å². The number of carbonyl (C=O) groups excluding carboxylic acids is 1. The summed E-state index contributed by atoms with van der Waals surface area (Å²) in [4.78, 5) is 24.5. The number of nitrogens with one attached hydrogen (secondary N) is 1. The average Bonchev–Trinajstić information content (AvgIpc) is 2.83. The Kier molecular flexibility index (Phi) is 3.95. The van der Waals surface area contributed by atoms with Crippen molar-refractivity contribution in [3.63, 3.8) is 0 Å². The number of aryl methyl sites for hydroxylation is 1. The molecule has 102 valence electrons. The summed E-state index contributed by atoms with van der Waals surface area (Å²) in [6, 6.07) is 4.15. The lowest BCUT2D eigenvalue weighted by atomic mass is 10.2. The fourth-order valence-corrected chi connectivity index (χ4v) is 2.50. The number of aliphatic carboxylic acids is 1. The van der Waals surface area contributed by atoms with Gasteiger partial charge in [0.15, 0.2) is 0 Å². The molecule has 1 aliphatic rings. The van der Waals surface area contributed by atoms with Crippen molar-refractivity contribution >= 4 is 29.3 Å². The number of carbonyl (C=O) groups is 2. The molecule has 0 radical (unpaired) electrons. The van der Waals surface area contributed by atoms with Crippen LogP contribution < -0.4 is 5.32 Å². The van der Waals surface area contributed by atoms with Gasteiger partial charge in [-0.05, 0) is 31.4 Å². The Morgan fingerprint density at radius 3 is 2.84 bits per heavy atom.